The molecule has 90 valence electrons. The molecule has 0 radical (unpaired) electrons. The first-order valence-corrected chi connectivity index (χ1v) is 6.58. The first-order chi connectivity index (χ1) is 8.81. The van der Waals surface area contributed by atoms with Gasteiger partial charge in [0.25, 0.3) is 5.78 Å². The van der Waals surface area contributed by atoms with Crippen LogP contribution in [0, 0.1) is 0 Å². The van der Waals surface area contributed by atoms with Crippen LogP contribution in [0.1, 0.15) is 5.56 Å². The van der Waals surface area contributed by atoms with Crippen LogP contribution in [0.15, 0.2) is 41.9 Å². The molecule has 0 amide bonds. The fourth-order valence-electron chi connectivity index (χ4n) is 1.41. The summed E-state index contributed by atoms with van der Waals surface area (Å²) in [5.41, 5.74) is 1.08. The van der Waals surface area contributed by atoms with Crippen LogP contribution in [0.3, 0.4) is 0 Å². The Morgan fingerprint density at radius 2 is 2.22 bits per heavy atom. The molecule has 0 unspecified atom stereocenters. The minimum Gasteiger partial charge on any atom is -0.244 e. The third-order valence-electron chi connectivity index (χ3n) is 2.25. The zero-order valence-corrected chi connectivity index (χ0v) is 10.8. The number of fused-ring (bicyclic) bond motifs is 1. The maximum absolute atomic E-state index is 5.73. The minimum absolute atomic E-state index is 0.499. The van der Waals surface area contributed by atoms with Gasteiger partial charge < -0.3 is 0 Å². The quantitative estimate of drug-likeness (QED) is 0.544. The average Bonchev–Trinajstić information content (AvgIpc) is 2.81. The van der Waals surface area contributed by atoms with Crippen molar-refractivity contribution >= 4 is 29.1 Å². The van der Waals surface area contributed by atoms with Gasteiger partial charge in [-0.05, 0) is 17.7 Å². The summed E-state index contributed by atoms with van der Waals surface area (Å²) in [6, 6.07) is 5.53. The van der Waals surface area contributed by atoms with E-state index in [4.69, 9.17) is 11.6 Å². The highest BCUT2D eigenvalue weighted by Crippen LogP contribution is 2.19. The van der Waals surface area contributed by atoms with Crippen LogP contribution < -0.4 is 0 Å². The van der Waals surface area contributed by atoms with Gasteiger partial charge in [-0.1, -0.05) is 29.4 Å². The molecule has 3 rings (SSSR count). The Hall–Kier alpha value is -1.66. The van der Waals surface area contributed by atoms with Crippen LogP contribution in [0.4, 0.5) is 0 Å². The molecule has 0 N–H and O–H groups in total. The van der Waals surface area contributed by atoms with Crippen molar-refractivity contribution in [3.05, 3.63) is 47.5 Å². The molecular weight excluding hydrogens is 270 g/mol. The van der Waals surface area contributed by atoms with Gasteiger partial charge >= 0.3 is 0 Å². The van der Waals surface area contributed by atoms with Gasteiger partial charge in [0.15, 0.2) is 0 Å². The van der Waals surface area contributed by atoms with Crippen molar-refractivity contribution in [3.8, 4) is 0 Å². The summed E-state index contributed by atoms with van der Waals surface area (Å²) < 4.78 is 1.66. The number of aromatic nitrogens is 5. The Morgan fingerprint density at radius 3 is 3.00 bits per heavy atom. The lowest BCUT2D eigenvalue weighted by Crippen LogP contribution is -1.87. The van der Waals surface area contributed by atoms with Gasteiger partial charge in [0.05, 0.1) is 0 Å². The highest BCUT2D eigenvalue weighted by atomic mass is 35.5. The van der Waals surface area contributed by atoms with E-state index in [0.29, 0.717) is 16.1 Å². The molecule has 0 spiro atoms. The molecule has 18 heavy (non-hydrogen) atoms. The van der Waals surface area contributed by atoms with Gasteiger partial charge in [0, 0.05) is 24.3 Å². The SMILES string of the molecule is Clc1ccc(CSc2nc3ncccn3n2)cn1. The Bertz CT molecular complexity index is 634. The van der Waals surface area contributed by atoms with Crippen LogP contribution in [0.25, 0.3) is 5.78 Å². The van der Waals surface area contributed by atoms with E-state index in [0.717, 1.165) is 11.3 Å². The Kier molecular flexibility index (Phi) is 3.12. The highest BCUT2D eigenvalue weighted by Gasteiger charge is 2.05. The predicted molar refractivity (Wildman–Crippen MR) is 69.6 cm³/mol. The lowest BCUT2D eigenvalue weighted by atomic mass is 10.3. The fourth-order valence-corrected chi connectivity index (χ4v) is 2.28. The van der Waals surface area contributed by atoms with Crippen LogP contribution in [0.2, 0.25) is 5.15 Å². The zero-order chi connectivity index (χ0) is 12.4. The van der Waals surface area contributed by atoms with Crippen LogP contribution in [0.5, 0.6) is 0 Å². The van der Waals surface area contributed by atoms with Gasteiger partial charge in [-0.3, -0.25) is 0 Å². The third-order valence-corrected chi connectivity index (χ3v) is 3.39. The van der Waals surface area contributed by atoms with Crippen molar-refractivity contribution in [2.24, 2.45) is 0 Å². The molecule has 3 aromatic heterocycles. The topological polar surface area (TPSA) is 56.0 Å². The largest absolute Gasteiger partial charge is 0.253 e. The van der Waals surface area contributed by atoms with Crippen molar-refractivity contribution in [2.75, 3.05) is 0 Å². The van der Waals surface area contributed by atoms with Gasteiger partial charge in [0.1, 0.15) is 5.15 Å². The van der Waals surface area contributed by atoms with E-state index in [9.17, 15) is 0 Å². The second-order valence-corrected chi connectivity index (χ2v) is 4.87. The van der Waals surface area contributed by atoms with E-state index >= 15 is 0 Å². The van der Waals surface area contributed by atoms with Crippen molar-refractivity contribution < 1.29 is 0 Å². The van der Waals surface area contributed by atoms with E-state index in [1.807, 2.05) is 18.3 Å². The maximum atomic E-state index is 5.73. The minimum atomic E-state index is 0.499. The molecule has 0 saturated carbocycles. The molecule has 7 heteroatoms. The number of hydrogen-bond donors (Lipinski definition) is 0. The van der Waals surface area contributed by atoms with Gasteiger partial charge in [-0.15, -0.1) is 5.10 Å². The van der Waals surface area contributed by atoms with Crippen molar-refractivity contribution in [2.45, 2.75) is 10.9 Å². The van der Waals surface area contributed by atoms with Crippen molar-refractivity contribution in [1.29, 1.82) is 0 Å². The number of halogens is 1. The molecule has 0 fully saturated rings. The monoisotopic (exact) mass is 277 g/mol. The van der Waals surface area contributed by atoms with Crippen molar-refractivity contribution in [3.63, 3.8) is 0 Å². The van der Waals surface area contributed by atoms with Crippen LogP contribution in [-0.2, 0) is 5.75 Å². The first kappa shape index (κ1) is 11.4. The standard InChI is InChI=1S/C11H8ClN5S/c12-9-3-2-8(6-14-9)7-18-11-15-10-13-4-1-5-17(10)16-11/h1-6H,7H2. The smallest absolute Gasteiger partial charge is 0.244 e. The molecule has 3 heterocycles. The summed E-state index contributed by atoms with van der Waals surface area (Å²) in [5.74, 6) is 1.36. The number of thioether (sulfide) groups is 1. The highest BCUT2D eigenvalue weighted by molar-refractivity contribution is 7.98. The molecule has 0 aliphatic rings. The molecule has 3 aromatic rings. The lowest BCUT2D eigenvalue weighted by molar-refractivity contribution is 0.879. The average molecular weight is 278 g/mol. The second kappa shape index (κ2) is 4.91. The van der Waals surface area contributed by atoms with E-state index in [1.54, 1.807) is 23.0 Å². The number of rotatable bonds is 3. The van der Waals surface area contributed by atoms with E-state index in [1.165, 1.54) is 11.8 Å². The molecular formula is C11H8ClN5S. The summed E-state index contributed by atoms with van der Waals surface area (Å²) in [4.78, 5) is 12.4. The molecule has 0 aromatic carbocycles. The fraction of sp³-hybridized carbons (Fsp3) is 0.0909. The second-order valence-electron chi connectivity index (χ2n) is 3.54. The molecule has 5 nitrogen and oxygen atoms in total. The van der Waals surface area contributed by atoms with Gasteiger partial charge in [-0.2, -0.15) is 4.98 Å². The normalized spacial score (nSPS) is 10.9. The van der Waals surface area contributed by atoms with Crippen LogP contribution >= 0.6 is 23.4 Å². The summed E-state index contributed by atoms with van der Waals surface area (Å²) in [6.45, 7) is 0. The molecule has 0 saturated heterocycles. The third kappa shape index (κ3) is 2.44. The van der Waals surface area contributed by atoms with E-state index in [-0.39, 0.29) is 0 Å². The summed E-state index contributed by atoms with van der Waals surface area (Å²) in [6.07, 6.45) is 5.27. The number of hydrogen-bond acceptors (Lipinski definition) is 5. The zero-order valence-electron chi connectivity index (χ0n) is 9.19. The summed E-state index contributed by atoms with van der Waals surface area (Å²) in [7, 11) is 0. The Balaban J connectivity index is 1.74. The van der Waals surface area contributed by atoms with Gasteiger partial charge in [0.2, 0.25) is 5.16 Å². The Labute approximate surface area is 112 Å². The molecule has 0 aliphatic carbocycles. The summed E-state index contributed by atoms with van der Waals surface area (Å²) in [5, 5.41) is 5.50. The molecule has 0 atom stereocenters. The number of nitrogens with zero attached hydrogens (tertiary/aromatic N) is 5. The molecule has 0 bridgehead atoms. The predicted octanol–water partition coefficient (Wildman–Crippen LogP) is 2.46. The number of pyridine rings is 1. The van der Waals surface area contributed by atoms with E-state index < -0.39 is 0 Å². The van der Waals surface area contributed by atoms with E-state index in [2.05, 4.69) is 20.1 Å². The van der Waals surface area contributed by atoms with Gasteiger partial charge in [-0.25, -0.2) is 14.5 Å². The first-order valence-electron chi connectivity index (χ1n) is 5.22. The maximum Gasteiger partial charge on any atom is 0.253 e. The Morgan fingerprint density at radius 1 is 1.28 bits per heavy atom. The van der Waals surface area contributed by atoms with Crippen molar-refractivity contribution in [1.82, 2.24) is 24.6 Å². The lowest BCUT2D eigenvalue weighted by Gasteiger charge is -1.97. The molecule has 0 aliphatic heterocycles. The summed E-state index contributed by atoms with van der Waals surface area (Å²) >= 11 is 7.27. The van der Waals surface area contributed by atoms with Crippen LogP contribution in [-0.4, -0.2) is 24.6 Å².